The summed E-state index contributed by atoms with van der Waals surface area (Å²) in [5, 5.41) is 4.71. The first-order valence-electron chi connectivity index (χ1n) is 10.5. The number of hydrogen-bond donors (Lipinski definition) is 1. The third-order valence-corrected chi connectivity index (χ3v) is 6.15. The molecule has 0 unspecified atom stereocenters. The zero-order valence-electron chi connectivity index (χ0n) is 17.2. The monoisotopic (exact) mass is 427 g/mol. The van der Waals surface area contributed by atoms with Crippen molar-refractivity contribution in [1.29, 1.82) is 0 Å². The first-order chi connectivity index (χ1) is 14.6. The molecule has 0 saturated carbocycles. The maximum atomic E-state index is 12.4. The van der Waals surface area contributed by atoms with Gasteiger partial charge >= 0.3 is 0 Å². The first kappa shape index (κ1) is 22.0. The zero-order valence-corrected chi connectivity index (χ0v) is 18.0. The summed E-state index contributed by atoms with van der Waals surface area (Å²) in [6.07, 6.45) is 3.34. The van der Waals surface area contributed by atoms with Crippen molar-refractivity contribution >= 4 is 29.1 Å². The minimum Gasteiger partial charge on any atom is -0.351 e. The van der Waals surface area contributed by atoms with Crippen LogP contribution in [0.25, 0.3) is 0 Å². The van der Waals surface area contributed by atoms with Crippen molar-refractivity contribution < 1.29 is 14.4 Å². The molecular formula is C23H29N3O3S. The van der Waals surface area contributed by atoms with Crippen molar-refractivity contribution in [2.45, 2.75) is 32.1 Å². The average Bonchev–Trinajstić information content (AvgIpc) is 3.32. The van der Waals surface area contributed by atoms with E-state index in [0.29, 0.717) is 56.9 Å². The van der Waals surface area contributed by atoms with Crippen LogP contribution in [0.15, 0.2) is 47.8 Å². The summed E-state index contributed by atoms with van der Waals surface area (Å²) in [6.45, 7) is 2.87. The quantitative estimate of drug-likeness (QED) is 0.626. The van der Waals surface area contributed by atoms with Crippen molar-refractivity contribution in [3.63, 3.8) is 0 Å². The van der Waals surface area contributed by atoms with Crippen LogP contribution in [0.5, 0.6) is 0 Å². The molecule has 0 aliphatic carbocycles. The topological polar surface area (TPSA) is 69.7 Å². The van der Waals surface area contributed by atoms with Crippen LogP contribution in [0.1, 0.15) is 40.9 Å². The van der Waals surface area contributed by atoms with E-state index in [2.05, 4.69) is 17.4 Å². The number of piperazine rings is 1. The van der Waals surface area contributed by atoms with Crippen LogP contribution in [-0.4, -0.2) is 60.2 Å². The van der Waals surface area contributed by atoms with Gasteiger partial charge < -0.3 is 15.1 Å². The van der Waals surface area contributed by atoms with Gasteiger partial charge in [0.15, 0.2) is 0 Å². The highest BCUT2D eigenvalue weighted by Gasteiger charge is 2.23. The van der Waals surface area contributed by atoms with Crippen molar-refractivity contribution in [1.82, 2.24) is 15.1 Å². The number of rotatable bonds is 9. The van der Waals surface area contributed by atoms with Gasteiger partial charge in [0.2, 0.25) is 11.8 Å². The Labute approximate surface area is 181 Å². The Bertz CT molecular complexity index is 815. The Morgan fingerprint density at radius 2 is 1.47 bits per heavy atom. The predicted molar refractivity (Wildman–Crippen MR) is 118 cm³/mol. The molecule has 0 bridgehead atoms. The summed E-state index contributed by atoms with van der Waals surface area (Å²) in [4.78, 5) is 41.1. The van der Waals surface area contributed by atoms with Crippen molar-refractivity contribution in [2.24, 2.45) is 0 Å². The summed E-state index contributed by atoms with van der Waals surface area (Å²) >= 11 is 1.40. The van der Waals surface area contributed by atoms with E-state index in [1.165, 1.54) is 16.9 Å². The van der Waals surface area contributed by atoms with Crippen LogP contribution in [-0.2, 0) is 16.0 Å². The molecule has 160 valence electrons. The molecule has 3 rings (SSSR count). The molecule has 1 saturated heterocycles. The summed E-state index contributed by atoms with van der Waals surface area (Å²) in [7, 11) is 0. The Balaban J connectivity index is 1.28. The Kier molecular flexibility index (Phi) is 8.44. The molecule has 1 fully saturated rings. The van der Waals surface area contributed by atoms with E-state index in [9.17, 15) is 14.4 Å². The van der Waals surface area contributed by atoms with E-state index in [1.807, 2.05) is 39.4 Å². The number of aryl methyl sites for hydroxylation is 1. The summed E-state index contributed by atoms with van der Waals surface area (Å²) in [6, 6.07) is 13.8. The normalized spacial score (nSPS) is 13.9. The van der Waals surface area contributed by atoms with E-state index in [1.54, 1.807) is 6.07 Å². The van der Waals surface area contributed by atoms with E-state index < -0.39 is 0 Å². The lowest BCUT2D eigenvalue weighted by atomic mass is 10.1. The first-order valence-corrected chi connectivity index (χ1v) is 11.4. The maximum absolute atomic E-state index is 12.4. The third kappa shape index (κ3) is 6.69. The van der Waals surface area contributed by atoms with Crippen LogP contribution >= 0.6 is 11.3 Å². The number of thiophene rings is 1. The van der Waals surface area contributed by atoms with E-state index >= 15 is 0 Å². The Morgan fingerprint density at radius 1 is 0.833 bits per heavy atom. The van der Waals surface area contributed by atoms with Crippen LogP contribution < -0.4 is 5.32 Å². The highest BCUT2D eigenvalue weighted by molar-refractivity contribution is 7.12. The highest BCUT2D eigenvalue weighted by Crippen LogP contribution is 2.11. The van der Waals surface area contributed by atoms with Crippen LogP contribution in [0.2, 0.25) is 0 Å². The van der Waals surface area contributed by atoms with Gasteiger partial charge in [-0.3, -0.25) is 14.4 Å². The van der Waals surface area contributed by atoms with E-state index in [-0.39, 0.29) is 17.7 Å². The van der Waals surface area contributed by atoms with Gasteiger partial charge in [-0.15, -0.1) is 11.3 Å². The minimum atomic E-state index is -0.0863. The molecule has 3 amide bonds. The van der Waals surface area contributed by atoms with Gasteiger partial charge in [0.05, 0.1) is 4.88 Å². The molecule has 2 aromatic rings. The van der Waals surface area contributed by atoms with E-state index in [0.717, 1.165) is 12.8 Å². The number of carbonyl (C=O) groups is 3. The van der Waals surface area contributed by atoms with Crippen LogP contribution in [0, 0.1) is 0 Å². The third-order valence-electron chi connectivity index (χ3n) is 5.28. The molecule has 30 heavy (non-hydrogen) atoms. The summed E-state index contributed by atoms with van der Waals surface area (Å²) < 4.78 is 0. The smallest absolute Gasteiger partial charge is 0.261 e. The fourth-order valence-corrected chi connectivity index (χ4v) is 4.19. The Hall–Kier alpha value is -2.67. The molecular weight excluding hydrogens is 398 g/mol. The maximum Gasteiger partial charge on any atom is 0.261 e. The zero-order chi connectivity index (χ0) is 21.2. The summed E-state index contributed by atoms with van der Waals surface area (Å²) in [5.41, 5.74) is 1.26. The lowest BCUT2D eigenvalue weighted by molar-refractivity contribution is -0.139. The van der Waals surface area contributed by atoms with Gasteiger partial charge in [0.25, 0.3) is 5.91 Å². The predicted octanol–water partition coefficient (Wildman–Crippen LogP) is 2.95. The average molecular weight is 428 g/mol. The standard InChI is InChI=1S/C23H29N3O3S/c27-21(11-4-9-19-7-2-1-3-8-19)25-14-16-26(17-15-25)22(28)12-5-13-24-23(29)20-10-6-18-30-20/h1-3,6-8,10,18H,4-5,9,11-17H2,(H,24,29). The van der Waals surface area contributed by atoms with Crippen LogP contribution in [0.3, 0.4) is 0 Å². The molecule has 2 heterocycles. The Morgan fingerprint density at radius 3 is 2.07 bits per heavy atom. The lowest BCUT2D eigenvalue weighted by Crippen LogP contribution is -2.50. The molecule has 6 nitrogen and oxygen atoms in total. The number of amides is 3. The van der Waals surface area contributed by atoms with Crippen molar-refractivity contribution in [3.8, 4) is 0 Å². The molecule has 1 aliphatic rings. The number of hydrogen-bond acceptors (Lipinski definition) is 4. The van der Waals surface area contributed by atoms with Crippen molar-refractivity contribution in [2.75, 3.05) is 32.7 Å². The van der Waals surface area contributed by atoms with Gasteiger partial charge in [-0.1, -0.05) is 36.4 Å². The van der Waals surface area contributed by atoms with Gasteiger partial charge in [0.1, 0.15) is 0 Å². The molecule has 1 aromatic carbocycles. The van der Waals surface area contributed by atoms with Gasteiger partial charge in [0, 0.05) is 45.6 Å². The fourth-order valence-electron chi connectivity index (χ4n) is 3.55. The molecule has 0 radical (unpaired) electrons. The number of nitrogens with zero attached hydrogens (tertiary/aromatic N) is 2. The molecule has 0 atom stereocenters. The lowest BCUT2D eigenvalue weighted by Gasteiger charge is -2.35. The van der Waals surface area contributed by atoms with Gasteiger partial charge in [-0.05, 0) is 36.3 Å². The molecule has 1 aliphatic heterocycles. The number of carbonyl (C=O) groups excluding carboxylic acids is 3. The second-order valence-corrected chi connectivity index (χ2v) is 8.39. The molecule has 1 N–H and O–H groups in total. The van der Waals surface area contributed by atoms with Gasteiger partial charge in [-0.2, -0.15) is 0 Å². The SMILES string of the molecule is O=C(NCCCC(=O)N1CCN(C(=O)CCCc2ccccc2)CC1)c1cccs1. The molecule has 0 spiro atoms. The number of nitrogens with one attached hydrogen (secondary N) is 1. The fraction of sp³-hybridized carbons (Fsp3) is 0.435. The van der Waals surface area contributed by atoms with E-state index in [4.69, 9.17) is 0 Å². The highest BCUT2D eigenvalue weighted by atomic mass is 32.1. The van der Waals surface area contributed by atoms with Crippen LogP contribution in [0.4, 0.5) is 0 Å². The van der Waals surface area contributed by atoms with Crippen molar-refractivity contribution in [3.05, 3.63) is 58.3 Å². The number of benzene rings is 1. The molecule has 7 heteroatoms. The largest absolute Gasteiger partial charge is 0.351 e. The van der Waals surface area contributed by atoms with Gasteiger partial charge in [-0.25, -0.2) is 0 Å². The molecule has 1 aromatic heterocycles. The summed E-state index contributed by atoms with van der Waals surface area (Å²) in [5.74, 6) is 0.183. The second-order valence-electron chi connectivity index (χ2n) is 7.44. The second kappa shape index (κ2) is 11.5. The minimum absolute atomic E-state index is 0.0863.